The molecule has 0 aromatic heterocycles. The summed E-state index contributed by atoms with van der Waals surface area (Å²) in [5, 5.41) is 7.31. The second-order valence-electron chi connectivity index (χ2n) is 7.67. The lowest BCUT2D eigenvalue weighted by atomic mass is 10.1. The van der Waals surface area contributed by atoms with Crippen molar-refractivity contribution in [3.8, 4) is 0 Å². The molecule has 176 valence electrons. The van der Waals surface area contributed by atoms with Crippen molar-refractivity contribution in [1.29, 1.82) is 0 Å². The number of alkyl halides is 3. The topological polar surface area (TPSA) is 90.5 Å². The van der Waals surface area contributed by atoms with E-state index in [0.717, 1.165) is 31.5 Å². The van der Waals surface area contributed by atoms with Crippen LogP contribution in [-0.2, 0) is 11.3 Å². The van der Waals surface area contributed by atoms with Gasteiger partial charge in [-0.3, -0.25) is 14.4 Å². The van der Waals surface area contributed by atoms with Crippen molar-refractivity contribution < 1.29 is 27.6 Å². The highest BCUT2D eigenvalue weighted by Gasteiger charge is 2.28. The van der Waals surface area contributed by atoms with Crippen molar-refractivity contribution >= 4 is 23.4 Å². The molecule has 1 heterocycles. The summed E-state index contributed by atoms with van der Waals surface area (Å²) in [6, 6.07) is 13.0. The monoisotopic (exact) mass is 462 g/mol. The van der Waals surface area contributed by atoms with Gasteiger partial charge in [0.25, 0.3) is 11.8 Å². The highest BCUT2D eigenvalue weighted by Crippen LogP contribution is 2.17. The van der Waals surface area contributed by atoms with Crippen LogP contribution < -0.4 is 16.0 Å². The third-order valence-electron chi connectivity index (χ3n) is 5.14. The number of amides is 3. The number of carbonyl (C=O) groups excluding carboxylic acids is 3. The first kappa shape index (κ1) is 24.1. The maximum absolute atomic E-state index is 12.4. The average Bonchev–Trinajstić information content (AvgIpc) is 3.34. The van der Waals surface area contributed by atoms with Crippen LogP contribution in [0, 0.1) is 0 Å². The number of carbonyl (C=O) groups is 3. The summed E-state index contributed by atoms with van der Waals surface area (Å²) in [6.45, 7) is 0.179. The number of likely N-dealkylation sites (tertiary alicyclic amines) is 1. The molecule has 10 heteroatoms. The largest absolute Gasteiger partial charge is 0.405 e. The number of benzene rings is 2. The molecular weight excluding hydrogens is 437 g/mol. The molecule has 1 fully saturated rings. The Hall–Kier alpha value is -3.56. The van der Waals surface area contributed by atoms with Crippen molar-refractivity contribution in [3.05, 3.63) is 65.2 Å². The van der Waals surface area contributed by atoms with Crippen LogP contribution in [-0.4, -0.2) is 55.0 Å². The van der Waals surface area contributed by atoms with Crippen LogP contribution in [0.3, 0.4) is 0 Å². The summed E-state index contributed by atoms with van der Waals surface area (Å²) < 4.78 is 37.0. The van der Waals surface area contributed by atoms with Crippen LogP contribution in [0.15, 0.2) is 48.5 Å². The zero-order valence-corrected chi connectivity index (χ0v) is 17.9. The van der Waals surface area contributed by atoms with Crippen LogP contribution >= 0.6 is 0 Å². The van der Waals surface area contributed by atoms with Crippen LogP contribution in [0.2, 0.25) is 0 Å². The van der Waals surface area contributed by atoms with Crippen molar-refractivity contribution in [2.75, 3.05) is 31.5 Å². The Labute approximate surface area is 189 Å². The molecular formula is C23H25F3N4O3. The SMILES string of the molecule is O=C(CNc1ccccc1C(=O)NCC(F)(F)F)NCc1ccc(C(=O)N2CCCC2)cc1. The standard InChI is InChI=1S/C23H25F3N4O3/c24-23(25,26)15-29-21(32)18-5-1-2-6-19(18)27-14-20(31)28-13-16-7-9-17(10-8-16)22(33)30-11-3-4-12-30/h1-2,5-10,27H,3-4,11-15H2,(H,28,31)(H,29,32). The molecule has 1 aliphatic rings. The van der Waals surface area contributed by atoms with Crippen molar-refractivity contribution in [1.82, 2.24) is 15.5 Å². The molecule has 7 nitrogen and oxygen atoms in total. The van der Waals surface area contributed by atoms with Gasteiger partial charge in [-0.05, 0) is 42.7 Å². The molecule has 2 aromatic rings. The lowest BCUT2D eigenvalue weighted by Crippen LogP contribution is -2.34. The van der Waals surface area contributed by atoms with Crippen LogP contribution in [0.4, 0.5) is 18.9 Å². The number of para-hydroxylation sites is 1. The minimum atomic E-state index is -4.52. The summed E-state index contributed by atoms with van der Waals surface area (Å²) in [4.78, 5) is 38.4. The van der Waals surface area contributed by atoms with Gasteiger partial charge in [-0.15, -0.1) is 0 Å². The smallest absolute Gasteiger partial charge is 0.376 e. The quantitative estimate of drug-likeness (QED) is 0.563. The molecule has 3 N–H and O–H groups in total. The average molecular weight is 462 g/mol. The molecule has 3 amide bonds. The summed E-state index contributed by atoms with van der Waals surface area (Å²) in [6.07, 6.45) is -2.48. The van der Waals surface area contributed by atoms with E-state index < -0.39 is 18.6 Å². The molecule has 1 aliphatic heterocycles. The van der Waals surface area contributed by atoms with E-state index >= 15 is 0 Å². The molecule has 1 saturated heterocycles. The van der Waals surface area contributed by atoms with Gasteiger partial charge in [0.2, 0.25) is 5.91 Å². The Morgan fingerprint density at radius 1 is 0.909 bits per heavy atom. The second-order valence-corrected chi connectivity index (χ2v) is 7.67. The fraction of sp³-hybridized carbons (Fsp3) is 0.348. The summed E-state index contributed by atoms with van der Waals surface area (Å²) in [5.41, 5.74) is 1.67. The predicted molar refractivity (Wildman–Crippen MR) is 117 cm³/mol. The lowest BCUT2D eigenvalue weighted by molar-refractivity contribution is -0.123. The third kappa shape index (κ3) is 7.23. The van der Waals surface area contributed by atoms with E-state index in [2.05, 4.69) is 10.6 Å². The van der Waals surface area contributed by atoms with Crippen LogP contribution in [0.1, 0.15) is 39.1 Å². The van der Waals surface area contributed by atoms with Gasteiger partial charge >= 0.3 is 6.18 Å². The minimum absolute atomic E-state index is 0.00483. The molecule has 0 unspecified atom stereocenters. The summed E-state index contributed by atoms with van der Waals surface area (Å²) >= 11 is 0. The van der Waals surface area contributed by atoms with E-state index in [4.69, 9.17) is 0 Å². The molecule has 0 spiro atoms. The number of hydrogen-bond acceptors (Lipinski definition) is 4. The normalized spacial score (nSPS) is 13.5. The van der Waals surface area contributed by atoms with Crippen LogP contribution in [0.25, 0.3) is 0 Å². The Morgan fingerprint density at radius 3 is 2.24 bits per heavy atom. The Morgan fingerprint density at radius 2 is 1.58 bits per heavy atom. The fourth-order valence-corrected chi connectivity index (χ4v) is 3.42. The van der Waals surface area contributed by atoms with E-state index in [9.17, 15) is 27.6 Å². The molecule has 0 saturated carbocycles. The van der Waals surface area contributed by atoms with E-state index in [1.165, 1.54) is 18.2 Å². The van der Waals surface area contributed by atoms with Gasteiger partial charge < -0.3 is 20.9 Å². The number of hydrogen-bond donors (Lipinski definition) is 3. The fourth-order valence-electron chi connectivity index (χ4n) is 3.42. The molecule has 0 aliphatic carbocycles. The van der Waals surface area contributed by atoms with Crippen LogP contribution in [0.5, 0.6) is 0 Å². The van der Waals surface area contributed by atoms with E-state index in [-0.39, 0.29) is 36.2 Å². The Kier molecular flexibility index (Phi) is 7.92. The first-order chi connectivity index (χ1) is 15.7. The van der Waals surface area contributed by atoms with Gasteiger partial charge in [-0.1, -0.05) is 24.3 Å². The lowest BCUT2D eigenvalue weighted by Gasteiger charge is -2.15. The third-order valence-corrected chi connectivity index (χ3v) is 5.14. The van der Waals surface area contributed by atoms with Crippen molar-refractivity contribution in [2.45, 2.75) is 25.6 Å². The van der Waals surface area contributed by atoms with Gasteiger partial charge in [0, 0.05) is 30.9 Å². The maximum Gasteiger partial charge on any atom is 0.405 e. The number of nitrogens with zero attached hydrogens (tertiary/aromatic N) is 1. The first-order valence-electron chi connectivity index (χ1n) is 10.6. The first-order valence-corrected chi connectivity index (χ1v) is 10.6. The molecule has 3 rings (SSSR count). The highest BCUT2D eigenvalue weighted by atomic mass is 19.4. The molecule has 0 radical (unpaired) electrons. The zero-order valence-electron chi connectivity index (χ0n) is 17.9. The number of rotatable bonds is 8. The zero-order chi connectivity index (χ0) is 23.8. The van der Waals surface area contributed by atoms with E-state index in [1.54, 1.807) is 30.3 Å². The number of nitrogens with one attached hydrogen (secondary N) is 3. The van der Waals surface area contributed by atoms with Gasteiger partial charge in [-0.2, -0.15) is 13.2 Å². The van der Waals surface area contributed by atoms with Gasteiger partial charge in [0.15, 0.2) is 0 Å². The van der Waals surface area contributed by atoms with E-state index in [0.29, 0.717) is 5.56 Å². The Balaban J connectivity index is 1.48. The van der Waals surface area contributed by atoms with Crippen molar-refractivity contribution in [2.24, 2.45) is 0 Å². The highest BCUT2D eigenvalue weighted by molar-refractivity contribution is 6.00. The van der Waals surface area contributed by atoms with Gasteiger partial charge in [0.1, 0.15) is 6.54 Å². The maximum atomic E-state index is 12.4. The molecule has 0 bridgehead atoms. The van der Waals surface area contributed by atoms with Crippen molar-refractivity contribution in [3.63, 3.8) is 0 Å². The van der Waals surface area contributed by atoms with E-state index in [1.807, 2.05) is 10.2 Å². The van der Waals surface area contributed by atoms with Gasteiger partial charge in [-0.25, -0.2) is 0 Å². The Bertz CT molecular complexity index is 987. The van der Waals surface area contributed by atoms with Gasteiger partial charge in [0.05, 0.1) is 12.1 Å². The summed E-state index contributed by atoms with van der Waals surface area (Å²) in [5.74, 6) is -1.25. The minimum Gasteiger partial charge on any atom is -0.376 e. The predicted octanol–water partition coefficient (Wildman–Crippen LogP) is 2.94. The number of halogens is 3. The second kappa shape index (κ2) is 10.8. The molecule has 0 atom stereocenters. The molecule has 2 aromatic carbocycles. The molecule has 33 heavy (non-hydrogen) atoms. The number of anilines is 1. The summed E-state index contributed by atoms with van der Waals surface area (Å²) in [7, 11) is 0.